The number of carbonyl (C=O) groups is 2. The maximum Gasteiger partial charge on any atom is 0.254 e. The molecule has 0 fully saturated rings. The molecule has 0 saturated heterocycles. The van der Waals surface area contributed by atoms with Gasteiger partial charge < -0.3 is 10.2 Å². The van der Waals surface area contributed by atoms with E-state index in [2.05, 4.69) is 31.2 Å². The zero-order valence-electron chi connectivity index (χ0n) is 16.5. The van der Waals surface area contributed by atoms with Gasteiger partial charge in [0.05, 0.1) is 5.69 Å². The molecule has 0 aliphatic carbocycles. The van der Waals surface area contributed by atoms with Gasteiger partial charge in [-0.3, -0.25) is 14.3 Å². The summed E-state index contributed by atoms with van der Waals surface area (Å²) in [5.74, 6) is 0.133. The van der Waals surface area contributed by atoms with Crippen molar-refractivity contribution in [3.63, 3.8) is 0 Å². The van der Waals surface area contributed by atoms with Crippen LogP contribution in [-0.2, 0) is 17.3 Å². The number of nitrogens with one attached hydrogen (secondary N) is 1. The number of aryl methyl sites for hydroxylation is 1. The summed E-state index contributed by atoms with van der Waals surface area (Å²) in [6, 6.07) is 8.61. The van der Waals surface area contributed by atoms with Crippen molar-refractivity contribution in [1.82, 2.24) is 14.7 Å². The van der Waals surface area contributed by atoms with Gasteiger partial charge in [-0.1, -0.05) is 45.4 Å². The molecular formula is C20H27ClN4O2. The van der Waals surface area contributed by atoms with E-state index in [1.807, 2.05) is 13.0 Å². The normalized spacial score (nSPS) is 11.3. The van der Waals surface area contributed by atoms with Gasteiger partial charge in [0.15, 0.2) is 0 Å². The van der Waals surface area contributed by atoms with Crippen LogP contribution in [0.2, 0.25) is 5.02 Å². The molecule has 0 spiro atoms. The number of aromatic nitrogens is 2. The minimum absolute atomic E-state index is 0.0325. The first-order valence-corrected chi connectivity index (χ1v) is 9.39. The quantitative estimate of drug-likeness (QED) is 0.814. The molecule has 2 rings (SSSR count). The van der Waals surface area contributed by atoms with Gasteiger partial charge in [-0.05, 0) is 24.6 Å². The lowest BCUT2D eigenvalue weighted by Crippen LogP contribution is -2.38. The number of anilines is 1. The highest BCUT2D eigenvalue weighted by Gasteiger charge is 2.22. The zero-order chi connectivity index (χ0) is 20.2. The molecule has 0 radical (unpaired) electrons. The molecule has 6 nitrogen and oxygen atoms in total. The van der Waals surface area contributed by atoms with Gasteiger partial charge in [-0.2, -0.15) is 5.10 Å². The fourth-order valence-corrected chi connectivity index (χ4v) is 2.82. The van der Waals surface area contributed by atoms with Crippen molar-refractivity contribution >= 4 is 29.2 Å². The van der Waals surface area contributed by atoms with Gasteiger partial charge in [0.25, 0.3) is 5.91 Å². The van der Waals surface area contributed by atoms with Crippen molar-refractivity contribution in [2.45, 2.75) is 39.5 Å². The number of benzene rings is 1. The maximum atomic E-state index is 12.7. The molecule has 27 heavy (non-hydrogen) atoms. The Morgan fingerprint density at radius 1 is 1.26 bits per heavy atom. The zero-order valence-corrected chi connectivity index (χ0v) is 17.3. The fourth-order valence-electron chi connectivity index (χ4n) is 2.63. The number of amides is 2. The van der Waals surface area contributed by atoms with Crippen molar-refractivity contribution < 1.29 is 9.59 Å². The molecule has 1 heterocycles. The molecule has 2 aromatic rings. The van der Waals surface area contributed by atoms with Crippen molar-refractivity contribution in [3.05, 3.63) is 46.6 Å². The third-order valence-corrected chi connectivity index (χ3v) is 4.34. The van der Waals surface area contributed by atoms with Crippen LogP contribution in [0, 0.1) is 0 Å². The van der Waals surface area contributed by atoms with Crippen LogP contribution >= 0.6 is 11.6 Å². The summed E-state index contributed by atoms with van der Waals surface area (Å²) < 4.78 is 1.64. The van der Waals surface area contributed by atoms with Crippen LogP contribution in [0.1, 0.15) is 50.2 Å². The molecule has 0 unspecified atom stereocenters. The Morgan fingerprint density at radius 2 is 1.96 bits per heavy atom. The molecule has 1 aromatic carbocycles. The lowest BCUT2D eigenvalue weighted by atomic mass is 9.92. The van der Waals surface area contributed by atoms with Crippen LogP contribution in [0.4, 0.5) is 5.82 Å². The predicted molar refractivity (Wildman–Crippen MR) is 108 cm³/mol. The van der Waals surface area contributed by atoms with Gasteiger partial charge in [-0.25, -0.2) is 0 Å². The van der Waals surface area contributed by atoms with Gasteiger partial charge in [-0.15, -0.1) is 0 Å². The number of carbonyl (C=O) groups excluding carboxylic acids is 2. The third kappa shape index (κ3) is 5.57. The van der Waals surface area contributed by atoms with E-state index in [0.29, 0.717) is 22.9 Å². The highest BCUT2D eigenvalue weighted by molar-refractivity contribution is 6.31. The molecule has 1 aromatic heterocycles. The topological polar surface area (TPSA) is 67.2 Å². The Bertz CT molecular complexity index is 824. The maximum absolute atomic E-state index is 12.7. The lowest BCUT2D eigenvalue weighted by Gasteiger charge is -2.21. The SMILES string of the molecule is CCCN(CC(=O)Nc1cc(C(C)(C)C)nn1C)C(=O)c1cccc(Cl)c1. The summed E-state index contributed by atoms with van der Waals surface area (Å²) in [5, 5.41) is 7.79. The van der Waals surface area contributed by atoms with Crippen molar-refractivity contribution in [2.75, 3.05) is 18.4 Å². The third-order valence-electron chi connectivity index (χ3n) is 4.10. The fraction of sp³-hybridized carbons (Fsp3) is 0.450. The molecule has 0 saturated carbocycles. The Balaban J connectivity index is 2.11. The predicted octanol–water partition coefficient (Wildman–Crippen LogP) is 3.86. The summed E-state index contributed by atoms with van der Waals surface area (Å²) >= 11 is 5.98. The van der Waals surface area contributed by atoms with Gasteiger partial charge in [0, 0.05) is 35.7 Å². The van der Waals surface area contributed by atoms with E-state index >= 15 is 0 Å². The number of halogens is 1. The molecule has 0 aliphatic rings. The van der Waals surface area contributed by atoms with Crippen molar-refractivity contribution in [1.29, 1.82) is 0 Å². The molecule has 0 atom stereocenters. The first-order chi connectivity index (χ1) is 12.6. The lowest BCUT2D eigenvalue weighted by molar-refractivity contribution is -0.116. The average Bonchev–Trinajstić information content (AvgIpc) is 2.95. The van der Waals surface area contributed by atoms with Crippen LogP contribution in [0.15, 0.2) is 30.3 Å². The Hall–Kier alpha value is -2.34. The van der Waals surface area contributed by atoms with Crippen LogP contribution in [0.25, 0.3) is 0 Å². The smallest absolute Gasteiger partial charge is 0.254 e. The first-order valence-electron chi connectivity index (χ1n) is 9.01. The van der Waals surface area contributed by atoms with E-state index in [4.69, 9.17) is 11.6 Å². The molecule has 0 aliphatic heterocycles. The standard InChI is InChI=1S/C20H27ClN4O2/c1-6-10-25(19(27)14-8-7-9-15(21)11-14)13-18(26)22-17-12-16(20(2,3)4)23-24(17)5/h7-9,11-12H,6,10,13H2,1-5H3,(H,22,26). The van der Waals surface area contributed by atoms with Crippen molar-refractivity contribution in [3.8, 4) is 0 Å². The summed E-state index contributed by atoms with van der Waals surface area (Å²) in [6.07, 6.45) is 0.749. The van der Waals surface area contributed by atoms with E-state index in [1.54, 1.807) is 36.0 Å². The Kier molecular flexibility index (Phi) is 6.65. The van der Waals surface area contributed by atoms with Crippen molar-refractivity contribution in [2.24, 2.45) is 7.05 Å². The molecule has 1 N–H and O–H groups in total. The Labute approximate surface area is 165 Å². The molecule has 7 heteroatoms. The molecule has 2 amide bonds. The monoisotopic (exact) mass is 390 g/mol. The minimum Gasteiger partial charge on any atom is -0.329 e. The highest BCUT2D eigenvalue weighted by Crippen LogP contribution is 2.23. The second-order valence-corrected chi connectivity index (χ2v) is 8.01. The summed E-state index contributed by atoms with van der Waals surface area (Å²) in [7, 11) is 1.78. The van der Waals surface area contributed by atoms with Crippen LogP contribution in [0.5, 0.6) is 0 Å². The van der Waals surface area contributed by atoms with Crippen LogP contribution in [0.3, 0.4) is 0 Å². The highest BCUT2D eigenvalue weighted by atomic mass is 35.5. The second-order valence-electron chi connectivity index (χ2n) is 7.57. The van der Waals surface area contributed by atoms with E-state index in [1.165, 1.54) is 4.90 Å². The van der Waals surface area contributed by atoms with Gasteiger partial charge in [0.2, 0.25) is 5.91 Å². The molecule has 0 bridgehead atoms. The summed E-state index contributed by atoms with van der Waals surface area (Å²) in [6.45, 7) is 8.61. The molecular weight excluding hydrogens is 364 g/mol. The minimum atomic E-state index is -0.262. The van der Waals surface area contributed by atoms with E-state index in [9.17, 15) is 9.59 Å². The van der Waals surface area contributed by atoms with Crippen LogP contribution < -0.4 is 5.32 Å². The van der Waals surface area contributed by atoms with E-state index in [-0.39, 0.29) is 23.8 Å². The second kappa shape index (κ2) is 8.57. The number of rotatable bonds is 6. The number of nitrogens with zero attached hydrogens (tertiary/aromatic N) is 3. The van der Waals surface area contributed by atoms with E-state index in [0.717, 1.165) is 12.1 Å². The Morgan fingerprint density at radius 3 is 2.52 bits per heavy atom. The summed E-state index contributed by atoms with van der Waals surface area (Å²) in [4.78, 5) is 26.8. The van der Waals surface area contributed by atoms with Crippen LogP contribution in [-0.4, -0.2) is 39.6 Å². The number of hydrogen-bond donors (Lipinski definition) is 1. The average molecular weight is 391 g/mol. The first kappa shape index (κ1) is 21.0. The van der Waals surface area contributed by atoms with E-state index < -0.39 is 0 Å². The largest absolute Gasteiger partial charge is 0.329 e. The summed E-state index contributed by atoms with van der Waals surface area (Å²) in [5.41, 5.74) is 1.25. The number of hydrogen-bond acceptors (Lipinski definition) is 3. The van der Waals surface area contributed by atoms with Gasteiger partial charge in [0.1, 0.15) is 12.4 Å². The van der Waals surface area contributed by atoms with Gasteiger partial charge >= 0.3 is 0 Å². The molecule has 146 valence electrons.